The van der Waals surface area contributed by atoms with Gasteiger partial charge in [-0.25, -0.2) is 0 Å². The molecule has 1 aliphatic carbocycles. The number of ether oxygens (including phenoxy) is 1. The van der Waals surface area contributed by atoms with E-state index in [2.05, 4.69) is 25.7 Å². The van der Waals surface area contributed by atoms with Crippen LogP contribution < -0.4 is 10.2 Å². The van der Waals surface area contributed by atoms with Crippen molar-refractivity contribution in [3.8, 4) is 0 Å². The summed E-state index contributed by atoms with van der Waals surface area (Å²) in [5.41, 5.74) is 4.07. The summed E-state index contributed by atoms with van der Waals surface area (Å²) in [5.74, 6) is -1.28. The molecule has 0 bridgehead atoms. The zero-order chi connectivity index (χ0) is 19.9. The third kappa shape index (κ3) is 3.51. The number of hydrogen-bond donors (Lipinski definition) is 1. The van der Waals surface area contributed by atoms with Crippen molar-refractivity contribution in [2.75, 3.05) is 26.1 Å². The Labute approximate surface area is 161 Å². The summed E-state index contributed by atoms with van der Waals surface area (Å²) >= 11 is 0. The Kier molecular flexibility index (Phi) is 4.89. The van der Waals surface area contributed by atoms with E-state index in [1.807, 2.05) is 43.3 Å². The van der Waals surface area contributed by atoms with Crippen LogP contribution in [0.3, 0.4) is 0 Å². The number of benzene rings is 1. The zero-order valence-corrected chi connectivity index (χ0v) is 16.8. The van der Waals surface area contributed by atoms with Crippen molar-refractivity contribution in [1.29, 1.82) is 0 Å². The number of esters is 1. The lowest BCUT2D eigenvalue weighted by molar-refractivity contribution is -0.144. The molecule has 0 saturated carbocycles. The summed E-state index contributed by atoms with van der Waals surface area (Å²) in [5, 5.41) is 3.25. The number of hydrogen-bond acceptors (Lipinski definition) is 5. The number of methoxy groups -OCH3 is 1. The molecular formula is C22H28N2O3. The summed E-state index contributed by atoms with van der Waals surface area (Å²) in [6.07, 6.45) is 1.23. The molecule has 0 spiro atoms. The molecule has 5 nitrogen and oxygen atoms in total. The van der Waals surface area contributed by atoms with Gasteiger partial charge in [0.25, 0.3) is 0 Å². The van der Waals surface area contributed by atoms with Crippen LogP contribution in [0.4, 0.5) is 5.69 Å². The highest BCUT2D eigenvalue weighted by molar-refractivity contribution is 6.00. The van der Waals surface area contributed by atoms with Gasteiger partial charge in [0.15, 0.2) is 5.78 Å². The van der Waals surface area contributed by atoms with Gasteiger partial charge in [-0.3, -0.25) is 9.59 Å². The van der Waals surface area contributed by atoms with Gasteiger partial charge in [0.2, 0.25) is 0 Å². The van der Waals surface area contributed by atoms with Crippen molar-refractivity contribution in [2.24, 2.45) is 11.3 Å². The van der Waals surface area contributed by atoms with Crippen LogP contribution in [-0.2, 0) is 14.3 Å². The minimum absolute atomic E-state index is 0.0943. The maximum Gasteiger partial charge on any atom is 0.315 e. The molecule has 2 atom stereocenters. The molecular weight excluding hydrogens is 340 g/mol. The van der Waals surface area contributed by atoms with Crippen molar-refractivity contribution >= 4 is 17.4 Å². The topological polar surface area (TPSA) is 58.6 Å². The van der Waals surface area contributed by atoms with E-state index in [1.165, 1.54) is 7.11 Å². The van der Waals surface area contributed by atoms with Gasteiger partial charge in [-0.05, 0) is 29.5 Å². The average Bonchev–Trinajstić information content (AvgIpc) is 2.58. The van der Waals surface area contributed by atoms with Gasteiger partial charge in [0.1, 0.15) is 5.92 Å². The molecule has 0 fully saturated rings. The van der Waals surface area contributed by atoms with Crippen molar-refractivity contribution in [1.82, 2.24) is 5.32 Å². The molecule has 1 heterocycles. The predicted molar refractivity (Wildman–Crippen MR) is 106 cm³/mol. The highest BCUT2D eigenvalue weighted by Crippen LogP contribution is 2.48. The van der Waals surface area contributed by atoms with E-state index in [9.17, 15) is 9.59 Å². The van der Waals surface area contributed by atoms with E-state index in [-0.39, 0.29) is 23.1 Å². The molecule has 144 valence electrons. The Morgan fingerprint density at radius 1 is 1.22 bits per heavy atom. The van der Waals surface area contributed by atoms with Crippen molar-refractivity contribution in [3.05, 3.63) is 53.4 Å². The molecule has 3 rings (SSSR count). The van der Waals surface area contributed by atoms with E-state index in [0.717, 1.165) is 23.4 Å². The summed E-state index contributed by atoms with van der Waals surface area (Å²) in [7, 11) is 5.33. The lowest BCUT2D eigenvalue weighted by Gasteiger charge is -2.42. The first-order chi connectivity index (χ1) is 12.6. The fraction of sp³-hybridized carbons (Fsp3) is 0.455. The number of ketones is 1. The molecule has 1 aromatic carbocycles. The van der Waals surface area contributed by atoms with Gasteiger partial charge in [0, 0.05) is 49.1 Å². The first-order valence-corrected chi connectivity index (χ1v) is 9.22. The molecule has 1 N–H and O–H groups in total. The maximum absolute atomic E-state index is 13.1. The fourth-order valence-electron chi connectivity index (χ4n) is 4.19. The number of rotatable bonds is 3. The highest BCUT2D eigenvalue weighted by Gasteiger charge is 2.46. The largest absolute Gasteiger partial charge is 0.468 e. The second-order valence-corrected chi connectivity index (χ2v) is 8.45. The first kappa shape index (κ1) is 19.2. The third-order valence-electron chi connectivity index (χ3n) is 5.47. The van der Waals surface area contributed by atoms with Crippen LogP contribution in [0, 0.1) is 11.3 Å². The van der Waals surface area contributed by atoms with E-state index >= 15 is 0 Å². The van der Waals surface area contributed by atoms with Crippen LogP contribution in [0.5, 0.6) is 0 Å². The molecule has 0 saturated heterocycles. The van der Waals surface area contributed by atoms with Gasteiger partial charge in [0.05, 0.1) is 7.11 Å². The van der Waals surface area contributed by atoms with Crippen LogP contribution in [0.2, 0.25) is 0 Å². The SMILES string of the molecule is C=C1NC2=C(C(=O)CC(C)(C)C2)C(c2ccc(N(C)C)cc2)C1C(=O)OC. The average molecular weight is 368 g/mol. The van der Waals surface area contributed by atoms with Gasteiger partial charge >= 0.3 is 5.97 Å². The molecule has 1 aliphatic heterocycles. The minimum Gasteiger partial charge on any atom is -0.468 e. The molecule has 0 amide bonds. The molecule has 0 radical (unpaired) electrons. The number of carbonyl (C=O) groups is 2. The molecule has 27 heavy (non-hydrogen) atoms. The Morgan fingerprint density at radius 2 is 1.85 bits per heavy atom. The van der Waals surface area contributed by atoms with Crippen molar-refractivity contribution < 1.29 is 14.3 Å². The minimum atomic E-state index is -0.621. The highest BCUT2D eigenvalue weighted by atomic mass is 16.5. The summed E-state index contributed by atoms with van der Waals surface area (Å²) in [6.45, 7) is 8.26. The Bertz CT molecular complexity index is 818. The number of Topliss-reactive ketones (excluding diaryl/α,β-unsaturated/α-hetero) is 1. The molecule has 2 aliphatic rings. The second kappa shape index (κ2) is 6.87. The van der Waals surface area contributed by atoms with E-state index in [0.29, 0.717) is 17.7 Å². The van der Waals surface area contributed by atoms with Crippen LogP contribution in [0.1, 0.15) is 38.2 Å². The summed E-state index contributed by atoms with van der Waals surface area (Å²) in [6, 6.07) is 8.00. The van der Waals surface area contributed by atoms with E-state index < -0.39 is 5.92 Å². The van der Waals surface area contributed by atoms with Crippen LogP contribution in [0.25, 0.3) is 0 Å². The molecule has 2 unspecified atom stereocenters. The molecule has 5 heteroatoms. The van der Waals surface area contributed by atoms with Crippen LogP contribution in [0.15, 0.2) is 47.8 Å². The number of anilines is 1. The monoisotopic (exact) mass is 368 g/mol. The standard InChI is InChI=1S/C22H28N2O3/c1-13-18(21(26)27-6)19(14-7-9-15(10-8-14)24(4)5)20-16(23-13)11-22(2,3)12-17(20)25/h7-10,18-19,23H,1,11-12H2,2-6H3. The number of carbonyl (C=O) groups excluding carboxylic acids is 2. The predicted octanol–water partition coefficient (Wildman–Crippen LogP) is 3.39. The quantitative estimate of drug-likeness (QED) is 0.829. The van der Waals surface area contributed by atoms with Gasteiger partial charge in [-0.15, -0.1) is 0 Å². The maximum atomic E-state index is 13.1. The number of allylic oxidation sites excluding steroid dienone is 2. The van der Waals surface area contributed by atoms with Crippen LogP contribution in [-0.4, -0.2) is 33.0 Å². The zero-order valence-electron chi connectivity index (χ0n) is 16.8. The van der Waals surface area contributed by atoms with Gasteiger partial charge in [-0.1, -0.05) is 32.6 Å². The van der Waals surface area contributed by atoms with Crippen LogP contribution >= 0.6 is 0 Å². The van der Waals surface area contributed by atoms with E-state index in [4.69, 9.17) is 4.74 Å². The number of nitrogens with zero attached hydrogens (tertiary/aromatic N) is 1. The summed E-state index contributed by atoms with van der Waals surface area (Å²) < 4.78 is 5.05. The van der Waals surface area contributed by atoms with Gasteiger partial charge in [-0.2, -0.15) is 0 Å². The fourth-order valence-corrected chi connectivity index (χ4v) is 4.19. The Balaban J connectivity index is 2.15. The summed E-state index contributed by atoms with van der Waals surface area (Å²) in [4.78, 5) is 27.7. The molecule has 1 aromatic rings. The molecule has 0 aromatic heterocycles. The second-order valence-electron chi connectivity index (χ2n) is 8.45. The Hall–Kier alpha value is -2.56. The smallest absolute Gasteiger partial charge is 0.315 e. The van der Waals surface area contributed by atoms with E-state index in [1.54, 1.807) is 0 Å². The number of nitrogens with one attached hydrogen (secondary N) is 1. The lowest BCUT2D eigenvalue weighted by atomic mass is 9.66. The third-order valence-corrected chi connectivity index (χ3v) is 5.47. The van der Waals surface area contributed by atoms with Gasteiger partial charge < -0.3 is 15.0 Å². The Morgan fingerprint density at radius 3 is 2.41 bits per heavy atom. The van der Waals surface area contributed by atoms with Crippen molar-refractivity contribution in [3.63, 3.8) is 0 Å². The normalized spacial score (nSPS) is 24.2. The first-order valence-electron chi connectivity index (χ1n) is 9.22. The lowest BCUT2D eigenvalue weighted by Crippen LogP contribution is -2.43. The van der Waals surface area contributed by atoms with Crippen molar-refractivity contribution in [2.45, 2.75) is 32.6 Å².